The van der Waals surface area contributed by atoms with Crippen LogP contribution in [0.25, 0.3) is 0 Å². The highest BCUT2D eigenvalue weighted by Crippen LogP contribution is 2.29. The molecule has 0 unspecified atom stereocenters. The zero-order chi connectivity index (χ0) is 15.6. The summed E-state index contributed by atoms with van der Waals surface area (Å²) < 4.78 is 0. The van der Waals surface area contributed by atoms with Crippen molar-refractivity contribution in [1.82, 2.24) is 5.32 Å². The van der Waals surface area contributed by atoms with Crippen LogP contribution in [0.2, 0.25) is 0 Å². The lowest BCUT2D eigenvalue weighted by molar-refractivity contribution is -0.121. The minimum absolute atomic E-state index is 0. The van der Waals surface area contributed by atoms with Crippen molar-refractivity contribution in [1.29, 1.82) is 0 Å². The van der Waals surface area contributed by atoms with Crippen LogP contribution in [0.3, 0.4) is 0 Å². The highest BCUT2D eigenvalue weighted by atomic mass is 35.5. The molecule has 0 radical (unpaired) electrons. The maximum Gasteiger partial charge on any atom is 0.321 e. The number of carbonyl (C=O) groups is 2. The molecule has 3 amide bonds. The molecule has 0 spiro atoms. The largest absolute Gasteiger partial charge is 0.338 e. The molecule has 2 aliphatic rings. The molecule has 23 heavy (non-hydrogen) atoms. The van der Waals surface area contributed by atoms with E-state index in [1.165, 1.54) is 0 Å². The molecule has 1 aliphatic heterocycles. The fourth-order valence-electron chi connectivity index (χ4n) is 3.12. The third-order valence-corrected chi connectivity index (χ3v) is 4.44. The number of rotatable bonds is 3. The first kappa shape index (κ1) is 17.6. The van der Waals surface area contributed by atoms with E-state index in [0.29, 0.717) is 18.8 Å². The summed E-state index contributed by atoms with van der Waals surface area (Å²) in [6, 6.07) is 7.25. The zero-order valence-electron chi connectivity index (χ0n) is 13.0. The number of nitrogens with zero attached hydrogens (tertiary/aromatic N) is 1. The molecule has 1 saturated carbocycles. The van der Waals surface area contributed by atoms with Gasteiger partial charge in [0, 0.05) is 24.5 Å². The summed E-state index contributed by atoms with van der Waals surface area (Å²) in [5.74, 6) is -0.134. The number of nitrogens with two attached hydrogens (primary N) is 1. The lowest BCUT2D eigenvalue weighted by Crippen LogP contribution is -2.48. The van der Waals surface area contributed by atoms with Crippen LogP contribution < -0.4 is 21.3 Å². The van der Waals surface area contributed by atoms with Crippen LogP contribution in [0, 0.1) is 0 Å². The maximum absolute atomic E-state index is 12.4. The number of amides is 3. The molecule has 1 heterocycles. The monoisotopic (exact) mass is 338 g/mol. The molecule has 0 aromatic heterocycles. The Kier molecular flexibility index (Phi) is 5.49. The lowest BCUT2D eigenvalue weighted by Gasteiger charge is -2.28. The van der Waals surface area contributed by atoms with E-state index >= 15 is 0 Å². The minimum Gasteiger partial charge on any atom is -0.338 e. The SMILES string of the molecule is Cl.NC1(C(=O)Nc2cccc(N3CCCNC3=O)c2)CCCC1. The van der Waals surface area contributed by atoms with Gasteiger partial charge in [-0.2, -0.15) is 0 Å². The molecule has 0 bridgehead atoms. The van der Waals surface area contributed by atoms with Crippen molar-refractivity contribution in [3.63, 3.8) is 0 Å². The van der Waals surface area contributed by atoms with Gasteiger partial charge in [0.25, 0.3) is 0 Å². The van der Waals surface area contributed by atoms with Crippen molar-refractivity contribution in [2.24, 2.45) is 5.73 Å². The second-order valence-corrected chi connectivity index (χ2v) is 6.10. The van der Waals surface area contributed by atoms with Gasteiger partial charge >= 0.3 is 6.03 Å². The summed E-state index contributed by atoms with van der Waals surface area (Å²) in [4.78, 5) is 25.9. The van der Waals surface area contributed by atoms with Crippen LogP contribution in [-0.4, -0.2) is 30.6 Å². The highest BCUT2D eigenvalue weighted by Gasteiger charge is 2.37. The number of halogens is 1. The van der Waals surface area contributed by atoms with Crippen LogP contribution in [0.15, 0.2) is 24.3 Å². The Morgan fingerprint density at radius 2 is 2.00 bits per heavy atom. The molecule has 4 N–H and O–H groups in total. The average molecular weight is 339 g/mol. The van der Waals surface area contributed by atoms with Crippen LogP contribution in [0.1, 0.15) is 32.1 Å². The summed E-state index contributed by atoms with van der Waals surface area (Å²) in [5, 5.41) is 5.72. The Bertz CT molecular complexity index is 587. The molecule has 126 valence electrons. The molecule has 7 heteroatoms. The number of hydrogen-bond acceptors (Lipinski definition) is 3. The van der Waals surface area contributed by atoms with E-state index < -0.39 is 5.54 Å². The van der Waals surface area contributed by atoms with E-state index in [2.05, 4.69) is 10.6 Å². The van der Waals surface area contributed by atoms with E-state index in [9.17, 15) is 9.59 Å². The first-order chi connectivity index (χ1) is 10.6. The fraction of sp³-hybridized carbons (Fsp3) is 0.500. The molecule has 6 nitrogen and oxygen atoms in total. The van der Waals surface area contributed by atoms with Gasteiger partial charge in [0.05, 0.1) is 5.54 Å². The Balaban J connectivity index is 0.00000192. The summed E-state index contributed by atoms with van der Waals surface area (Å²) in [6.07, 6.45) is 4.37. The molecule has 1 saturated heterocycles. The molecular formula is C16H23ClN4O2. The number of benzene rings is 1. The van der Waals surface area contributed by atoms with Crippen molar-refractivity contribution < 1.29 is 9.59 Å². The Hall–Kier alpha value is -1.79. The Labute approximate surface area is 142 Å². The highest BCUT2D eigenvalue weighted by molar-refractivity contribution is 5.99. The number of hydrogen-bond donors (Lipinski definition) is 3. The first-order valence-electron chi connectivity index (χ1n) is 7.84. The fourth-order valence-corrected chi connectivity index (χ4v) is 3.12. The predicted octanol–water partition coefficient (Wildman–Crippen LogP) is 2.24. The van der Waals surface area contributed by atoms with Gasteiger partial charge in [0.1, 0.15) is 0 Å². The van der Waals surface area contributed by atoms with Gasteiger partial charge in [-0.3, -0.25) is 9.69 Å². The van der Waals surface area contributed by atoms with Crippen molar-refractivity contribution in [2.45, 2.75) is 37.6 Å². The number of carbonyl (C=O) groups excluding carboxylic acids is 2. The third-order valence-electron chi connectivity index (χ3n) is 4.44. The van der Waals surface area contributed by atoms with Crippen molar-refractivity contribution in [2.75, 3.05) is 23.3 Å². The Morgan fingerprint density at radius 1 is 1.26 bits per heavy atom. The van der Waals surface area contributed by atoms with E-state index in [-0.39, 0.29) is 24.3 Å². The van der Waals surface area contributed by atoms with Crippen LogP contribution >= 0.6 is 12.4 Å². The van der Waals surface area contributed by atoms with E-state index in [1.807, 2.05) is 24.3 Å². The standard InChI is InChI=1S/C16H22N4O2.ClH/c17-16(7-1-2-8-16)14(21)19-12-5-3-6-13(11-12)20-10-4-9-18-15(20)22;/h3,5-6,11H,1-2,4,7-10,17H2,(H,18,22)(H,19,21);1H. The molecule has 3 rings (SSSR count). The Morgan fingerprint density at radius 3 is 2.70 bits per heavy atom. The smallest absolute Gasteiger partial charge is 0.321 e. The molecule has 2 fully saturated rings. The summed E-state index contributed by atoms with van der Waals surface area (Å²) in [7, 11) is 0. The van der Waals surface area contributed by atoms with Gasteiger partial charge in [-0.15, -0.1) is 12.4 Å². The third kappa shape index (κ3) is 3.76. The number of urea groups is 1. The quantitative estimate of drug-likeness (QED) is 0.789. The zero-order valence-corrected chi connectivity index (χ0v) is 13.8. The van der Waals surface area contributed by atoms with Crippen molar-refractivity contribution >= 4 is 35.7 Å². The topological polar surface area (TPSA) is 87.5 Å². The van der Waals surface area contributed by atoms with Gasteiger partial charge in [0.2, 0.25) is 5.91 Å². The average Bonchev–Trinajstić information content (AvgIpc) is 2.96. The molecule has 0 atom stereocenters. The lowest BCUT2D eigenvalue weighted by atomic mass is 9.98. The number of nitrogens with one attached hydrogen (secondary N) is 2. The van der Waals surface area contributed by atoms with Crippen molar-refractivity contribution in [3.05, 3.63) is 24.3 Å². The molecule has 1 aromatic carbocycles. The second-order valence-electron chi connectivity index (χ2n) is 6.10. The normalized spacial score (nSPS) is 19.7. The summed E-state index contributed by atoms with van der Waals surface area (Å²) in [6.45, 7) is 1.39. The van der Waals surface area contributed by atoms with E-state index in [4.69, 9.17) is 5.73 Å². The first-order valence-corrected chi connectivity index (χ1v) is 7.84. The van der Waals surface area contributed by atoms with Gasteiger partial charge in [-0.25, -0.2) is 4.79 Å². The van der Waals surface area contributed by atoms with Crippen LogP contribution in [0.5, 0.6) is 0 Å². The minimum atomic E-state index is -0.751. The van der Waals surface area contributed by atoms with Gasteiger partial charge in [-0.05, 0) is 37.5 Å². The van der Waals surface area contributed by atoms with Gasteiger partial charge in [-0.1, -0.05) is 18.9 Å². The predicted molar refractivity (Wildman–Crippen MR) is 93.1 cm³/mol. The maximum atomic E-state index is 12.4. The van der Waals surface area contributed by atoms with Gasteiger partial charge < -0.3 is 16.4 Å². The summed E-state index contributed by atoms with van der Waals surface area (Å²) >= 11 is 0. The van der Waals surface area contributed by atoms with E-state index in [1.54, 1.807) is 4.90 Å². The van der Waals surface area contributed by atoms with Crippen LogP contribution in [0.4, 0.5) is 16.2 Å². The molecular weight excluding hydrogens is 316 g/mol. The molecule has 1 aliphatic carbocycles. The van der Waals surface area contributed by atoms with Gasteiger partial charge in [0.15, 0.2) is 0 Å². The van der Waals surface area contributed by atoms with Crippen LogP contribution in [-0.2, 0) is 4.79 Å². The number of anilines is 2. The van der Waals surface area contributed by atoms with Crippen molar-refractivity contribution in [3.8, 4) is 0 Å². The molecule has 1 aromatic rings. The van der Waals surface area contributed by atoms with E-state index in [0.717, 1.165) is 37.8 Å². The summed E-state index contributed by atoms with van der Waals surface area (Å²) in [5.41, 5.74) is 6.88. The second kappa shape index (κ2) is 7.19.